The molecule has 0 N–H and O–H groups in total. The molecule has 2 aliphatic rings. The van der Waals surface area contributed by atoms with Crippen molar-refractivity contribution in [1.82, 2.24) is 14.8 Å². The number of aromatic nitrogens is 1. The fourth-order valence-corrected chi connectivity index (χ4v) is 5.39. The van der Waals surface area contributed by atoms with Gasteiger partial charge in [0.15, 0.2) is 0 Å². The van der Waals surface area contributed by atoms with E-state index in [1.165, 1.54) is 38.0 Å². The Balaban J connectivity index is 1.12. The van der Waals surface area contributed by atoms with Crippen molar-refractivity contribution >= 4 is 5.82 Å². The van der Waals surface area contributed by atoms with Crippen molar-refractivity contribution in [3.63, 3.8) is 0 Å². The quantitative estimate of drug-likeness (QED) is 0.546. The Morgan fingerprint density at radius 1 is 0.853 bits per heavy atom. The van der Waals surface area contributed by atoms with Crippen LogP contribution in [0.2, 0.25) is 0 Å². The lowest BCUT2D eigenvalue weighted by molar-refractivity contribution is 0.125. The topological polar surface area (TPSA) is 46.4 Å². The van der Waals surface area contributed by atoms with Crippen LogP contribution in [-0.4, -0.2) is 60.6 Å². The van der Waals surface area contributed by atoms with Crippen molar-refractivity contribution in [2.75, 3.05) is 50.7 Å². The summed E-state index contributed by atoms with van der Waals surface area (Å²) >= 11 is 0. The Morgan fingerprint density at radius 3 is 2.41 bits per heavy atom. The molecule has 5 nitrogen and oxygen atoms in total. The summed E-state index contributed by atoms with van der Waals surface area (Å²) in [5.74, 6) is 1.85. The Morgan fingerprint density at radius 2 is 1.65 bits per heavy atom. The van der Waals surface area contributed by atoms with E-state index < -0.39 is 0 Å². The third kappa shape index (κ3) is 5.47. The molecule has 3 aromatic rings. The number of piperidine rings is 1. The molecule has 5 heteroatoms. The van der Waals surface area contributed by atoms with E-state index in [1.54, 1.807) is 0 Å². The molecule has 0 spiro atoms. The fourth-order valence-electron chi connectivity index (χ4n) is 5.39. The maximum Gasteiger partial charge on any atom is 0.128 e. The molecular formula is C29H33N5. The van der Waals surface area contributed by atoms with E-state index in [4.69, 9.17) is 0 Å². The number of rotatable bonds is 6. The zero-order valence-corrected chi connectivity index (χ0v) is 19.8. The van der Waals surface area contributed by atoms with Gasteiger partial charge in [0, 0.05) is 52.0 Å². The van der Waals surface area contributed by atoms with Gasteiger partial charge in [-0.05, 0) is 60.2 Å². The van der Waals surface area contributed by atoms with Crippen LogP contribution in [0.15, 0.2) is 72.9 Å². The highest BCUT2D eigenvalue weighted by Gasteiger charge is 2.25. The summed E-state index contributed by atoms with van der Waals surface area (Å²) in [5, 5.41) is 9.39. The van der Waals surface area contributed by atoms with Crippen LogP contribution in [0.3, 0.4) is 0 Å². The van der Waals surface area contributed by atoms with Crippen LogP contribution in [0, 0.1) is 17.2 Å². The van der Waals surface area contributed by atoms with E-state index in [0.717, 1.165) is 61.1 Å². The molecule has 0 amide bonds. The van der Waals surface area contributed by atoms with Gasteiger partial charge in [-0.2, -0.15) is 5.26 Å². The van der Waals surface area contributed by atoms with Crippen molar-refractivity contribution in [1.29, 1.82) is 5.26 Å². The third-order valence-corrected chi connectivity index (χ3v) is 7.18. The van der Waals surface area contributed by atoms with Gasteiger partial charge >= 0.3 is 0 Å². The summed E-state index contributed by atoms with van der Waals surface area (Å²) in [6, 6.07) is 25.1. The van der Waals surface area contributed by atoms with E-state index in [-0.39, 0.29) is 0 Å². The Kier molecular flexibility index (Phi) is 7.19. The van der Waals surface area contributed by atoms with Gasteiger partial charge in [0.25, 0.3) is 0 Å². The molecule has 0 radical (unpaired) electrons. The number of nitrogens with zero attached hydrogens (tertiary/aromatic N) is 5. The van der Waals surface area contributed by atoms with Crippen molar-refractivity contribution in [3.05, 3.63) is 84.1 Å². The van der Waals surface area contributed by atoms with Crippen LogP contribution in [0.4, 0.5) is 5.82 Å². The number of hydrogen-bond acceptors (Lipinski definition) is 5. The summed E-state index contributed by atoms with van der Waals surface area (Å²) in [5.41, 5.74) is 4.21. The maximum absolute atomic E-state index is 9.39. The average molecular weight is 452 g/mol. The second kappa shape index (κ2) is 10.8. The second-order valence-electron chi connectivity index (χ2n) is 9.57. The zero-order valence-electron chi connectivity index (χ0n) is 19.8. The summed E-state index contributed by atoms with van der Waals surface area (Å²) in [6.07, 6.45) is 4.50. The highest BCUT2D eigenvalue weighted by atomic mass is 15.3. The lowest BCUT2D eigenvalue weighted by atomic mass is 9.96. The number of nitriles is 1. The second-order valence-corrected chi connectivity index (χ2v) is 9.57. The average Bonchev–Trinajstić information content (AvgIpc) is 2.90. The molecule has 1 atom stereocenters. The van der Waals surface area contributed by atoms with Gasteiger partial charge < -0.3 is 4.90 Å². The molecule has 2 aliphatic heterocycles. The van der Waals surface area contributed by atoms with Gasteiger partial charge in [-0.3, -0.25) is 9.80 Å². The summed E-state index contributed by atoms with van der Waals surface area (Å²) in [7, 11) is 0. The predicted molar refractivity (Wildman–Crippen MR) is 137 cm³/mol. The Hall–Kier alpha value is -3.20. The van der Waals surface area contributed by atoms with Crippen molar-refractivity contribution in [3.8, 4) is 17.2 Å². The van der Waals surface area contributed by atoms with Gasteiger partial charge in [0.1, 0.15) is 5.82 Å². The van der Waals surface area contributed by atoms with Crippen LogP contribution >= 0.6 is 0 Å². The van der Waals surface area contributed by atoms with Crippen molar-refractivity contribution < 1.29 is 0 Å². The SMILES string of the molecule is N#Cc1ccccc1-c1ccc(CN2CCCC(CN3CCN(c4ccccn4)CC3)C2)cc1. The normalized spacial score (nSPS) is 19.6. The minimum atomic E-state index is 0.731. The first-order chi connectivity index (χ1) is 16.8. The molecule has 1 unspecified atom stereocenters. The highest BCUT2D eigenvalue weighted by molar-refractivity contribution is 5.70. The van der Waals surface area contributed by atoms with E-state index >= 15 is 0 Å². The summed E-state index contributed by atoms with van der Waals surface area (Å²) < 4.78 is 0. The summed E-state index contributed by atoms with van der Waals surface area (Å²) in [6.45, 7) is 8.95. The van der Waals surface area contributed by atoms with Gasteiger partial charge in [-0.25, -0.2) is 4.98 Å². The molecule has 0 saturated carbocycles. The molecule has 1 aromatic heterocycles. The molecular weight excluding hydrogens is 418 g/mol. The minimum absolute atomic E-state index is 0.731. The first kappa shape index (κ1) is 22.6. The molecule has 174 valence electrons. The third-order valence-electron chi connectivity index (χ3n) is 7.18. The lowest BCUT2D eigenvalue weighted by Crippen LogP contribution is -2.49. The van der Waals surface area contributed by atoms with E-state index in [0.29, 0.717) is 0 Å². The van der Waals surface area contributed by atoms with Gasteiger partial charge in [0.2, 0.25) is 0 Å². The van der Waals surface area contributed by atoms with Gasteiger partial charge in [-0.15, -0.1) is 0 Å². The Bertz CT molecular complexity index is 1100. The maximum atomic E-state index is 9.39. The van der Waals surface area contributed by atoms with E-state index in [1.807, 2.05) is 36.5 Å². The van der Waals surface area contributed by atoms with Crippen LogP contribution in [0.25, 0.3) is 11.1 Å². The molecule has 2 fully saturated rings. The van der Waals surface area contributed by atoms with Gasteiger partial charge in [0.05, 0.1) is 11.6 Å². The molecule has 0 bridgehead atoms. The van der Waals surface area contributed by atoms with Crippen LogP contribution in [0.1, 0.15) is 24.0 Å². The molecule has 0 aliphatic carbocycles. The van der Waals surface area contributed by atoms with E-state index in [2.05, 4.69) is 62.2 Å². The van der Waals surface area contributed by atoms with E-state index in [9.17, 15) is 5.26 Å². The molecule has 34 heavy (non-hydrogen) atoms. The first-order valence-corrected chi connectivity index (χ1v) is 12.5. The highest BCUT2D eigenvalue weighted by Crippen LogP contribution is 2.25. The molecule has 2 saturated heterocycles. The number of anilines is 1. The number of likely N-dealkylation sites (tertiary alicyclic amines) is 1. The number of hydrogen-bond donors (Lipinski definition) is 0. The largest absolute Gasteiger partial charge is 0.354 e. The number of pyridine rings is 1. The van der Waals surface area contributed by atoms with Crippen molar-refractivity contribution in [2.24, 2.45) is 5.92 Å². The zero-order chi connectivity index (χ0) is 23.2. The molecule has 5 rings (SSSR count). The Labute approximate surface area is 203 Å². The fraction of sp³-hybridized carbons (Fsp3) is 0.379. The monoisotopic (exact) mass is 451 g/mol. The molecule has 2 aromatic carbocycles. The molecule has 3 heterocycles. The lowest BCUT2D eigenvalue weighted by Gasteiger charge is -2.39. The number of piperazine rings is 1. The van der Waals surface area contributed by atoms with Crippen LogP contribution < -0.4 is 4.90 Å². The first-order valence-electron chi connectivity index (χ1n) is 12.5. The van der Waals surface area contributed by atoms with Crippen LogP contribution in [-0.2, 0) is 6.54 Å². The number of benzene rings is 2. The smallest absolute Gasteiger partial charge is 0.128 e. The van der Waals surface area contributed by atoms with Crippen molar-refractivity contribution in [2.45, 2.75) is 19.4 Å². The minimum Gasteiger partial charge on any atom is -0.354 e. The predicted octanol–water partition coefficient (Wildman–Crippen LogP) is 4.65. The van der Waals surface area contributed by atoms with Crippen LogP contribution in [0.5, 0.6) is 0 Å². The standard InChI is InChI=1S/C29H33N5/c30-20-27-7-1-2-8-28(27)26-12-10-24(11-13-26)21-33-15-5-6-25(23-33)22-32-16-18-34(19-17-32)29-9-3-4-14-31-29/h1-4,7-14,25H,5-6,15-19,21-23H2. The summed E-state index contributed by atoms with van der Waals surface area (Å²) in [4.78, 5) is 12.2. The van der Waals surface area contributed by atoms with Gasteiger partial charge in [-0.1, -0.05) is 48.5 Å².